The molecule has 0 aliphatic rings. The van der Waals surface area contributed by atoms with Gasteiger partial charge in [0.1, 0.15) is 6.61 Å². The molecule has 0 unspecified atom stereocenters. The Morgan fingerprint density at radius 2 is 2.25 bits per heavy atom. The molecule has 0 rings (SSSR count). The maximum atomic E-state index is 10.8. The molecule has 12 heavy (non-hydrogen) atoms. The fourth-order valence-electron chi connectivity index (χ4n) is 0.472. The number of oxime groups is 1. The average molecular weight is 194 g/mol. The first-order valence-electron chi connectivity index (χ1n) is 3.69. The highest BCUT2D eigenvalue weighted by atomic mass is 32.2. The third-order valence-electron chi connectivity index (χ3n) is 1.08. The van der Waals surface area contributed by atoms with E-state index in [0.29, 0.717) is 0 Å². The number of rotatable bonds is 6. The lowest BCUT2D eigenvalue weighted by Gasteiger charge is -2.02. The van der Waals surface area contributed by atoms with Gasteiger partial charge in [-0.3, -0.25) is 0 Å². The Balaban J connectivity index is 3.44. The Bertz CT molecular complexity index is 223. The van der Waals surface area contributed by atoms with Crippen molar-refractivity contribution in [3.63, 3.8) is 0 Å². The van der Waals surface area contributed by atoms with E-state index in [1.165, 1.54) is 6.21 Å². The molecule has 0 aromatic rings. The van der Waals surface area contributed by atoms with E-state index >= 15 is 0 Å². The molecule has 1 N–H and O–H groups in total. The lowest BCUT2D eigenvalue weighted by Crippen LogP contribution is -2.28. The van der Waals surface area contributed by atoms with Gasteiger partial charge < -0.3 is 4.84 Å². The van der Waals surface area contributed by atoms with Crippen LogP contribution in [-0.2, 0) is 14.9 Å². The summed E-state index contributed by atoms with van der Waals surface area (Å²) in [6.45, 7) is 3.81. The standard InChI is InChI=1S/C6H14N2O3S/c1-3-7-11-6-5-8-12(9,10)4-2/h3,8H,4-6H2,1-2H3/b7-3-. The zero-order valence-electron chi connectivity index (χ0n) is 7.28. The van der Waals surface area contributed by atoms with Gasteiger partial charge in [0.25, 0.3) is 0 Å². The van der Waals surface area contributed by atoms with Crippen molar-refractivity contribution in [2.45, 2.75) is 13.8 Å². The van der Waals surface area contributed by atoms with Gasteiger partial charge in [-0.2, -0.15) is 0 Å². The number of sulfonamides is 1. The van der Waals surface area contributed by atoms with Gasteiger partial charge in [0.2, 0.25) is 10.0 Å². The van der Waals surface area contributed by atoms with Gasteiger partial charge in [0.05, 0.1) is 5.75 Å². The molecule has 0 bridgehead atoms. The molecule has 0 heterocycles. The lowest BCUT2D eigenvalue weighted by molar-refractivity contribution is 0.151. The Morgan fingerprint density at radius 1 is 1.58 bits per heavy atom. The molecular formula is C6H14N2O3S. The fourth-order valence-corrected chi connectivity index (χ4v) is 1.07. The van der Waals surface area contributed by atoms with E-state index in [-0.39, 0.29) is 18.9 Å². The second-order valence-corrected chi connectivity index (χ2v) is 4.09. The number of nitrogens with one attached hydrogen (secondary N) is 1. The highest BCUT2D eigenvalue weighted by Gasteiger charge is 2.03. The van der Waals surface area contributed by atoms with Crippen LogP contribution in [0.25, 0.3) is 0 Å². The van der Waals surface area contributed by atoms with Gasteiger partial charge in [-0.1, -0.05) is 5.16 Å². The smallest absolute Gasteiger partial charge is 0.211 e. The summed E-state index contributed by atoms with van der Waals surface area (Å²) >= 11 is 0. The molecule has 0 aromatic carbocycles. The number of nitrogens with zero attached hydrogens (tertiary/aromatic N) is 1. The van der Waals surface area contributed by atoms with Crippen LogP contribution < -0.4 is 4.72 Å². The molecule has 0 saturated carbocycles. The van der Waals surface area contributed by atoms with Gasteiger partial charge in [-0.25, -0.2) is 13.1 Å². The van der Waals surface area contributed by atoms with Crippen molar-refractivity contribution in [3.05, 3.63) is 0 Å². The molecule has 0 atom stereocenters. The van der Waals surface area contributed by atoms with E-state index in [1.807, 2.05) is 0 Å². The fraction of sp³-hybridized carbons (Fsp3) is 0.833. The average Bonchev–Trinajstić information content (AvgIpc) is 2.04. The molecule has 0 spiro atoms. The van der Waals surface area contributed by atoms with Crippen LogP contribution in [0.1, 0.15) is 13.8 Å². The summed E-state index contributed by atoms with van der Waals surface area (Å²) in [7, 11) is -3.09. The van der Waals surface area contributed by atoms with Crippen LogP contribution in [-0.4, -0.2) is 33.5 Å². The second-order valence-electron chi connectivity index (χ2n) is 1.99. The van der Waals surface area contributed by atoms with Gasteiger partial charge in [0, 0.05) is 12.8 Å². The van der Waals surface area contributed by atoms with Gasteiger partial charge in [0.15, 0.2) is 0 Å². The van der Waals surface area contributed by atoms with E-state index in [4.69, 9.17) is 0 Å². The summed E-state index contributed by atoms with van der Waals surface area (Å²) < 4.78 is 24.0. The molecule has 0 saturated heterocycles. The summed E-state index contributed by atoms with van der Waals surface area (Å²) in [5.41, 5.74) is 0. The second kappa shape index (κ2) is 5.96. The van der Waals surface area contributed by atoms with Crippen LogP contribution >= 0.6 is 0 Å². The van der Waals surface area contributed by atoms with Crippen molar-refractivity contribution in [2.75, 3.05) is 18.9 Å². The first-order valence-corrected chi connectivity index (χ1v) is 5.35. The molecule has 6 heteroatoms. The predicted molar refractivity (Wildman–Crippen MR) is 47.6 cm³/mol. The highest BCUT2D eigenvalue weighted by molar-refractivity contribution is 7.89. The maximum absolute atomic E-state index is 10.8. The molecule has 0 aliphatic heterocycles. The quantitative estimate of drug-likeness (QED) is 0.366. The summed E-state index contributed by atoms with van der Waals surface area (Å²) in [6, 6.07) is 0. The third-order valence-corrected chi connectivity index (χ3v) is 2.48. The SMILES string of the molecule is C/C=N\OCCNS(=O)(=O)CC. The Morgan fingerprint density at radius 3 is 2.75 bits per heavy atom. The van der Waals surface area contributed by atoms with Gasteiger partial charge in [-0.15, -0.1) is 0 Å². The Kier molecular flexibility index (Phi) is 5.65. The van der Waals surface area contributed by atoms with E-state index < -0.39 is 10.0 Å². The minimum atomic E-state index is -3.09. The molecule has 0 radical (unpaired) electrons. The summed E-state index contributed by atoms with van der Waals surface area (Å²) in [5, 5.41) is 3.46. The third kappa shape index (κ3) is 6.11. The van der Waals surface area contributed by atoms with Crippen molar-refractivity contribution in [1.29, 1.82) is 0 Å². The van der Waals surface area contributed by atoms with Gasteiger partial charge >= 0.3 is 0 Å². The Hall–Kier alpha value is -0.620. The predicted octanol–water partition coefficient (Wildman–Crippen LogP) is -0.0520. The van der Waals surface area contributed by atoms with E-state index in [0.717, 1.165) is 0 Å². The molecule has 5 nitrogen and oxygen atoms in total. The maximum Gasteiger partial charge on any atom is 0.211 e. The molecule has 0 aliphatic carbocycles. The van der Waals surface area contributed by atoms with Crippen molar-refractivity contribution in [1.82, 2.24) is 4.72 Å². The first kappa shape index (κ1) is 11.4. The monoisotopic (exact) mass is 194 g/mol. The molecular weight excluding hydrogens is 180 g/mol. The molecule has 0 aromatic heterocycles. The summed E-state index contributed by atoms with van der Waals surface area (Å²) in [4.78, 5) is 4.67. The van der Waals surface area contributed by atoms with Crippen LogP contribution in [0.5, 0.6) is 0 Å². The van der Waals surface area contributed by atoms with E-state index in [1.54, 1.807) is 13.8 Å². The van der Waals surface area contributed by atoms with Crippen molar-refractivity contribution in [3.8, 4) is 0 Å². The zero-order valence-corrected chi connectivity index (χ0v) is 8.10. The lowest BCUT2D eigenvalue weighted by atomic mass is 10.7. The Labute approximate surface area is 72.8 Å². The van der Waals surface area contributed by atoms with Crippen LogP contribution in [0.3, 0.4) is 0 Å². The minimum absolute atomic E-state index is 0.0873. The topological polar surface area (TPSA) is 67.8 Å². The van der Waals surface area contributed by atoms with Crippen molar-refractivity contribution in [2.24, 2.45) is 5.16 Å². The minimum Gasteiger partial charge on any atom is -0.395 e. The highest BCUT2D eigenvalue weighted by Crippen LogP contribution is 1.81. The molecule has 0 amide bonds. The molecule has 0 fully saturated rings. The first-order chi connectivity index (χ1) is 5.62. The summed E-state index contributed by atoms with van der Waals surface area (Å²) in [6.07, 6.45) is 1.49. The van der Waals surface area contributed by atoms with Crippen LogP contribution in [0.2, 0.25) is 0 Å². The van der Waals surface area contributed by atoms with Crippen LogP contribution in [0, 0.1) is 0 Å². The zero-order chi connectivity index (χ0) is 9.45. The van der Waals surface area contributed by atoms with Crippen LogP contribution in [0.15, 0.2) is 5.16 Å². The normalized spacial score (nSPS) is 12.2. The van der Waals surface area contributed by atoms with Crippen molar-refractivity contribution >= 4 is 16.2 Å². The van der Waals surface area contributed by atoms with Gasteiger partial charge in [-0.05, 0) is 13.8 Å². The van der Waals surface area contributed by atoms with E-state index in [9.17, 15) is 8.42 Å². The van der Waals surface area contributed by atoms with E-state index in [2.05, 4.69) is 14.7 Å². The number of hydrogen-bond donors (Lipinski definition) is 1. The van der Waals surface area contributed by atoms with Crippen LogP contribution in [0.4, 0.5) is 0 Å². The van der Waals surface area contributed by atoms with Crippen molar-refractivity contribution < 1.29 is 13.3 Å². The molecule has 72 valence electrons. The summed E-state index contributed by atoms with van der Waals surface area (Å²) in [5.74, 6) is 0.0873. The largest absolute Gasteiger partial charge is 0.395 e. The number of hydrogen-bond acceptors (Lipinski definition) is 4.